The molecule has 1 fully saturated rings. The minimum absolute atomic E-state index is 0.00139. The van der Waals surface area contributed by atoms with Crippen molar-refractivity contribution in [1.29, 1.82) is 0 Å². The molecule has 1 aliphatic rings. The average Bonchev–Trinajstić information content (AvgIpc) is 2.90. The van der Waals surface area contributed by atoms with Crippen LogP contribution in [-0.4, -0.2) is 13.2 Å². The summed E-state index contributed by atoms with van der Waals surface area (Å²) in [6, 6.07) is 10.4. The highest BCUT2D eigenvalue weighted by Gasteiger charge is 2.25. The van der Waals surface area contributed by atoms with Crippen molar-refractivity contribution >= 4 is 0 Å². The summed E-state index contributed by atoms with van der Waals surface area (Å²) in [4.78, 5) is 0. The van der Waals surface area contributed by atoms with Gasteiger partial charge in [0.25, 0.3) is 0 Å². The number of aryl methyl sites for hydroxylation is 1. The van der Waals surface area contributed by atoms with Crippen LogP contribution in [0.2, 0.25) is 0 Å². The third kappa shape index (κ3) is 5.91. The van der Waals surface area contributed by atoms with Crippen LogP contribution in [0.5, 0.6) is 11.5 Å². The lowest BCUT2D eigenvalue weighted by molar-refractivity contribution is 0.305. The highest BCUT2D eigenvalue weighted by Crippen LogP contribution is 2.39. The van der Waals surface area contributed by atoms with E-state index in [0.29, 0.717) is 17.9 Å². The van der Waals surface area contributed by atoms with Gasteiger partial charge >= 0.3 is 0 Å². The Kier molecular flexibility index (Phi) is 8.72. The van der Waals surface area contributed by atoms with Gasteiger partial charge in [-0.25, -0.2) is 13.2 Å². The summed E-state index contributed by atoms with van der Waals surface area (Å²) in [7, 11) is 0. The van der Waals surface area contributed by atoms with Crippen LogP contribution < -0.4 is 9.47 Å². The van der Waals surface area contributed by atoms with Crippen LogP contribution in [0.3, 0.4) is 0 Å². The molecule has 0 spiro atoms. The SMILES string of the molecule is CCOc1ccc(CCC2CCC(c3ccc(-c4ccc(OCC)c(F)c4F)c(F)c3)CC2)c(F)c1F. The third-order valence-corrected chi connectivity index (χ3v) is 7.20. The fourth-order valence-corrected chi connectivity index (χ4v) is 5.19. The molecule has 4 rings (SSSR count). The number of hydrogen-bond acceptors (Lipinski definition) is 2. The van der Waals surface area contributed by atoms with Gasteiger partial charge in [-0.1, -0.05) is 18.2 Å². The van der Waals surface area contributed by atoms with Crippen LogP contribution in [-0.2, 0) is 6.42 Å². The molecule has 0 unspecified atom stereocenters. The molecule has 198 valence electrons. The molecule has 1 saturated carbocycles. The molecule has 3 aromatic rings. The number of hydrogen-bond donors (Lipinski definition) is 0. The van der Waals surface area contributed by atoms with Crippen molar-refractivity contribution in [2.75, 3.05) is 13.2 Å². The first kappa shape index (κ1) is 27.0. The van der Waals surface area contributed by atoms with E-state index in [9.17, 15) is 22.0 Å². The molecule has 2 nitrogen and oxygen atoms in total. The van der Waals surface area contributed by atoms with Crippen molar-refractivity contribution in [3.63, 3.8) is 0 Å². The summed E-state index contributed by atoms with van der Waals surface area (Å²) >= 11 is 0. The van der Waals surface area contributed by atoms with Crippen molar-refractivity contribution in [1.82, 2.24) is 0 Å². The second kappa shape index (κ2) is 12.0. The third-order valence-electron chi connectivity index (χ3n) is 7.20. The number of halogens is 5. The molecule has 7 heteroatoms. The van der Waals surface area contributed by atoms with Crippen LogP contribution in [0.15, 0.2) is 42.5 Å². The van der Waals surface area contributed by atoms with Gasteiger partial charge in [-0.2, -0.15) is 8.78 Å². The van der Waals surface area contributed by atoms with Gasteiger partial charge in [-0.15, -0.1) is 0 Å². The van der Waals surface area contributed by atoms with E-state index >= 15 is 0 Å². The quantitative estimate of drug-likeness (QED) is 0.264. The molecule has 0 bridgehead atoms. The average molecular weight is 519 g/mol. The first-order valence-electron chi connectivity index (χ1n) is 12.8. The molecule has 3 aromatic carbocycles. The molecule has 0 saturated heterocycles. The van der Waals surface area contributed by atoms with E-state index < -0.39 is 29.1 Å². The zero-order valence-electron chi connectivity index (χ0n) is 21.1. The highest BCUT2D eigenvalue weighted by molar-refractivity contribution is 5.66. The van der Waals surface area contributed by atoms with E-state index in [2.05, 4.69) is 0 Å². The predicted octanol–water partition coefficient (Wildman–Crippen LogP) is 8.75. The maximum atomic E-state index is 15.0. The first-order chi connectivity index (χ1) is 17.8. The summed E-state index contributed by atoms with van der Waals surface area (Å²) < 4.78 is 82.5. The zero-order valence-corrected chi connectivity index (χ0v) is 21.1. The summed E-state index contributed by atoms with van der Waals surface area (Å²) in [5.41, 5.74) is 1.03. The number of ether oxygens (including phenoxy) is 2. The van der Waals surface area contributed by atoms with Gasteiger partial charge in [-0.05, 0) is 99.6 Å². The van der Waals surface area contributed by atoms with Gasteiger partial charge in [-0.3, -0.25) is 0 Å². The first-order valence-corrected chi connectivity index (χ1v) is 12.8. The van der Waals surface area contributed by atoms with Crippen LogP contribution >= 0.6 is 0 Å². The van der Waals surface area contributed by atoms with Gasteiger partial charge in [0.05, 0.1) is 13.2 Å². The Morgan fingerprint density at radius 1 is 0.676 bits per heavy atom. The molecule has 0 heterocycles. The maximum absolute atomic E-state index is 15.0. The lowest BCUT2D eigenvalue weighted by Crippen LogP contribution is -2.14. The molecular weight excluding hydrogens is 487 g/mol. The zero-order chi connectivity index (χ0) is 26.5. The maximum Gasteiger partial charge on any atom is 0.201 e. The lowest BCUT2D eigenvalue weighted by atomic mass is 9.76. The fraction of sp³-hybridized carbons (Fsp3) is 0.400. The smallest absolute Gasteiger partial charge is 0.201 e. The van der Waals surface area contributed by atoms with Crippen molar-refractivity contribution in [3.05, 3.63) is 82.7 Å². The second-order valence-electron chi connectivity index (χ2n) is 9.45. The van der Waals surface area contributed by atoms with E-state index in [4.69, 9.17) is 9.47 Å². The Labute approximate surface area is 214 Å². The molecular formula is C30H31F5O2. The Hall–Kier alpha value is -3.09. The number of rotatable bonds is 9. The largest absolute Gasteiger partial charge is 0.491 e. The van der Waals surface area contributed by atoms with Crippen LogP contribution in [0, 0.1) is 35.0 Å². The Morgan fingerprint density at radius 2 is 1.27 bits per heavy atom. The van der Waals surface area contributed by atoms with Gasteiger partial charge in [0.1, 0.15) is 5.82 Å². The normalized spacial score (nSPS) is 17.6. The monoisotopic (exact) mass is 518 g/mol. The standard InChI is InChI=1S/C30H31F5O2/c1-3-36-25-15-12-20(27(32)29(25)34)10-7-18-5-8-19(9-6-18)21-11-13-22(24(31)17-21)23-14-16-26(37-4-2)30(35)28(23)33/h11-19H,3-10H2,1-2H3. The summed E-state index contributed by atoms with van der Waals surface area (Å²) in [5.74, 6) is -4.41. The van der Waals surface area contributed by atoms with E-state index in [1.54, 1.807) is 26.0 Å². The van der Waals surface area contributed by atoms with Gasteiger partial charge in [0.2, 0.25) is 11.6 Å². The minimum Gasteiger partial charge on any atom is -0.491 e. The van der Waals surface area contributed by atoms with Crippen LogP contribution in [0.1, 0.15) is 63.0 Å². The molecule has 0 radical (unpaired) electrons. The van der Waals surface area contributed by atoms with Crippen molar-refractivity contribution in [2.24, 2.45) is 5.92 Å². The molecule has 0 amide bonds. The van der Waals surface area contributed by atoms with E-state index in [1.165, 1.54) is 30.3 Å². The molecule has 0 aliphatic heterocycles. The molecule has 37 heavy (non-hydrogen) atoms. The van der Waals surface area contributed by atoms with E-state index in [0.717, 1.165) is 37.7 Å². The minimum atomic E-state index is -1.14. The van der Waals surface area contributed by atoms with E-state index in [1.807, 2.05) is 0 Å². The van der Waals surface area contributed by atoms with E-state index in [-0.39, 0.29) is 41.8 Å². The summed E-state index contributed by atoms with van der Waals surface area (Å²) in [6.45, 7) is 3.84. The Bertz CT molecular complexity index is 1240. The summed E-state index contributed by atoms with van der Waals surface area (Å²) in [5, 5.41) is 0. The Morgan fingerprint density at radius 3 is 1.89 bits per heavy atom. The van der Waals surface area contributed by atoms with Crippen molar-refractivity contribution < 1.29 is 31.4 Å². The summed E-state index contributed by atoms with van der Waals surface area (Å²) in [6.07, 6.45) is 4.66. The van der Waals surface area contributed by atoms with Crippen molar-refractivity contribution in [2.45, 2.75) is 58.3 Å². The van der Waals surface area contributed by atoms with Gasteiger partial charge in [0, 0.05) is 11.1 Å². The van der Waals surface area contributed by atoms with Gasteiger partial charge < -0.3 is 9.47 Å². The lowest BCUT2D eigenvalue weighted by Gasteiger charge is -2.29. The van der Waals surface area contributed by atoms with Crippen LogP contribution in [0.25, 0.3) is 11.1 Å². The van der Waals surface area contributed by atoms with Gasteiger partial charge in [0.15, 0.2) is 23.1 Å². The van der Waals surface area contributed by atoms with Crippen molar-refractivity contribution in [3.8, 4) is 22.6 Å². The van der Waals surface area contributed by atoms with Crippen LogP contribution in [0.4, 0.5) is 22.0 Å². The molecule has 1 aliphatic carbocycles. The second-order valence-corrected chi connectivity index (χ2v) is 9.45. The Balaban J connectivity index is 1.37. The predicted molar refractivity (Wildman–Crippen MR) is 133 cm³/mol. The highest BCUT2D eigenvalue weighted by atomic mass is 19.2. The molecule has 0 N–H and O–H groups in total. The topological polar surface area (TPSA) is 18.5 Å². The molecule has 0 aromatic heterocycles. The number of benzene rings is 3. The fourth-order valence-electron chi connectivity index (χ4n) is 5.19. The molecule has 0 atom stereocenters.